The molecule has 0 saturated heterocycles. The van der Waals surface area contributed by atoms with E-state index in [1.54, 1.807) is 31.2 Å². The third kappa shape index (κ3) is 3.93. The summed E-state index contributed by atoms with van der Waals surface area (Å²) in [6.45, 7) is 3.60. The number of hydrogen-bond donors (Lipinski definition) is 1. The maximum absolute atomic E-state index is 12.6. The molecule has 2 aromatic rings. The lowest BCUT2D eigenvalue weighted by molar-refractivity contribution is -0.117. The van der Waals surface area contributed by atoms with E-state index in [0.717, 1.165) is 23.1 Å². The third-order valence-corrected chi connectivity index (χ3v) is 5.90. The maximum atomic E-state index is 12.6. The zero-order valence-corrected chi connectivity index (χ0v) is 17.4. The van der Waals surface area contributed by atoms with Gasteiger partial charge in [0.15, 0.2) is 0 Å². The molecule has 150 valence electrons. The zero-order valence-electron chi connectivity index (χ0n) is 15.8. The smallest absolute Gasteiger partial charge is 0.356 e. The fraction of sp³-hybridized carbons (Fsp3) is 0.368. The molecule has 0 spiro atoms. The molecule has 0 atom stereocenters. The van der Waals surface area contributed by atoms with Crippen LogP contribution in [0.15, 0.2) is 29.3 Å². The number of carbonyl (C=O) groups excluding carboxylic acids is 2. The highest BCUT2D eigenvalue weighted by molar-refractivity contribution is 7.89. The van der Waals surface area contributed by atoms with Crippen LogP contribution in [0.3, 0.4) is 0 Å². The highest BCUT2D eigenvalue weighted by Gasteiger charge is 2.39. The van der Waals surface area contributed by atoms with Crippen molar-refractivity contribution in [3.63, 3.8) is 0 Å². The summed E-state index contributed by atoms with van der Waals surface area (Å²) in [4.78, 5) is 25.0. The molecule has 3 rings (SSSR count). The molecule has 28 heavy (non-hydrogen) atoms. The first-order valence-electron chi connectivity index (χ1n) is 8.78. The van der Waals surface area contributed by atoms with Crippen LogP contribution in [0, 0.1) is 0 Å². The van der Waals surface area contributed by atoms with Crippen molar-refractivity contribution < 1.29 is 22.7 Å². The predicted octanol–water partition coefficient (Wildman–Crippen LogP) is 2.87. The molecule has 0 unspecified atom stereocenters. The van der Waals surface area contributed by atoms with Crippen LogP contribution in [0.1, 0.15) is 42.7 Å². The van der Waals surface area contributed by atoms with E-state index in [-0.39, 0.29) is 28.4 Å². The Morgan fingerprint density at radius 3 is 2.54 bits per heavy atom. The summed E-state index contributed by atoms with van der Waals surface area (Å²) >= 11 is 6.22. The van der Waals surface area contributed by atoms with Crippen LogP contribution >= 0.6 is 11.6 Å². The van der Waals surface area contributed by atoms with Crippen LogP contribution in [0.25, 0.3) is 17.0 Å². The summed E-state index contributed by atoms with van der Waals surface area (Å²) < 4.78 is 30.9. The Morgan fingerprint density at radius 1 is 1.32 bits per heavy atom. The lowest BCUT2D eigenvalue weighted by atomic mass is 10.1. The normalized spacial score (nSPS) is 16.1. The molecular formula is C19H21ClN2O5S. The molecule has 1 aromatic carbocycles. The average molecular weight is 425 g/mol. The number of halogens is 1. The van der Waals surface area contributed by atoms with Crippen LogP contribution in [0.5, 0.6) is 0 Å². The second-order valence-electron chi connectivity index (χ2n) is 7.03. The van der Waals surface area contributed by atoms with Gasteiger partial charge < -0.3 is 10.1 Å². The van der Waals surface area contributed by atoms with Gasteiger partial charge in [0, 0.05) is 16.5 Å². The molecule has 0 radical (unpaired) electrons. The first-order valence-corrected chi connectivity index (χ1v) is 11.0. The standard InChI is InChI=1S/C19H21ClN2O5S/c1-4-27-18(24)16-13(11-14(20)17(23)21-19(2)9-10-19)12-7-5-6-8-15(12)22(16)28(3,25)26/h5-8,11H,4,9-10H2,1-3H3,(H,21,23)/b14-11-. The Bertz CT molecular complexity index is 1100. The number of benzene rings is 1. The van der Waals surface area contributed by atoms with Gasteiger partial charge in [-0.1, -0.05) is 29.8 Å². The van der Waals surface area contributed by atoms with Crippen molar-refractivity contribution >= 4 is 50.5 Å². The second kappa shape index (κ2) is 7.25. The van der Waals surface area contributed by atoms with Crippen LogP contribution in [-0.4, -0.2) is 42.7 Å². The first-order chi connectivity index (χ1) is 13.1. The van der Waals surface area contributed by atoms with E-state index < -0.39 is 21.9 Å². The molecule has 1 amide bonds. The number of nitrogens with one attached hydrogen (secondary N) is 1. The van der Waals surface area contributed by atoms with E-state index in [0.29, 0.717) is 10.9 Å². The minimum Gasteiger partial charge on any atom is -0.461 e. The SMILES string of the molecule is CCOC(=O)c1c(/C=C(\Cl)C(=O)NC2(C)CC2)c2ccccc2n1S(C)(=O)=O. The minimum absolute atomic E-state index is 0.0693. The van der Waals surface area contributed by atoms with Gasteiger partial charge in [0.2, 0.25) is 10.0 Å². The predicted molar refractivity (Wildman–Crippen MR) is 108 cm³/mol. The largest absolute Gasteiger partial charge is 0.461 e. The summed E-state index contributed by atoms with van der Waals surface area (Å²) in [7, 11) is -3.83. The molecule has 1 aromatic heterocycles. The number of aromatic nitrogens is 1. The zero-order chi connectivity index (χ0) is 20.7. The van der Waals surface area contributed by atoms with Crippen molar-refractivity contribution in [3.05, 3.63) is 40.6 Å². The quantitative estimate of drug-likeness (QED) is 0.568. The van der Waals surface area contributed by atoms with Crippen LogP contribution in [0.4, 0.5) is 0 Å². The van der Waals surface area contributed by atoms with Crippen molar-refractivity contribution in [1.82, 2.24) is 9.29 Å². The summed E-state index contributed by atoms with van der Waals surface area (Å²) in [6.07, 6.45) is 4.05. The first kappa shape index (κ1) is 20.4. The van der Waals surface area contributed by atoms with Crippen molar-refractivity contribution in [2.75, 3.05) is 12.9 Å². The van der Waals surface area contributed by atoms with Gasteiger partial charge in [0.1, 0.15) is 10.7 Å². The second-order valence-corrected chi connectivity index (χ2v) is 9.27. The Labute approximate surface area is 168 Å². The van der Waals surface area contributed by atoms with Crippen molar-refractivity contribution in [2.24, 2.45) is 0 Å². The molecule has 1 N–H and O–H groups in total. The Kier molecular flexibility index (Phi) is 5.29. The summed E-state index contributed by atoms with van der Waals surface area (Å²) in [5.41, 5.74) is 0.0727. The van der Waals surface area contributed by atoms with Crippen molar-refractivity contribution in [1.29, 1.82) is 0 Å². The van der Waals surface area contributed by atoms with E-state index in [2.05, 4.69) is 5.32 Å². The highest BCUT2D eigenvalue weighted by Crippen LogP contribution is 2.35. The molecule has 1 aliphatic carbocycles. The molecule has 9 heteroatoms. The van der Waals surface area contributed by atoms with Gasteiger partial charge in [-0.05, 0) is 38.8 Å². The molecule has 1 aliphatic rings. The molecule has 7 nitrogen and oxygen atoms in total. The summed E-state index contributed by atoms with van der Waals surface area (Å²) in [5, 5.41) is 3.16. The molecule has 0 bridgehead atoms. The van der Waals surface area contributed by atoms with E-state index in [9.17, 15) is 18.0 Å². The number of esters is 1. The van der Waals surface area contributed by atoms with E-state index in [1.165, 1.54) is 6.08 Å². The monoisotopic (exact) mass is 424 g/mol. The molecule has 0 aliphatic heterocycles. The van der Waals surface area contributed by atoms with Crippen LogP contribution in [0.2, 0.25) is 0 Å². The fourth-order valence-electron chi connectivity index (χ4n) is 2.96. The van der Waals surface area contributed by atoms with Crippen LogP contribution < -0.4 is 5.32 Å². The molecule has 1 fully saturated rings. The van der Waals surface area contributed by atoms with Crippen molar-refractivity contribution in [2.45, 2.75) is 32.2 Å². The van der Waals surface area contributed by atoms with Gasteiger partial charge in [-0.3, -0.25) is 4.79 Å². The Hall–Kier alpha value is -2.32. The number of carbonyl (C=O) groups is 2. The molecule has 1 saturated carbocycles. The number of ether oxygens (including phenoxy) is 1. The number of hydrogen-bond acceptors (Lipinski definition) is 5. The number of fused-ring (bicyclic) bond motifs is 1. The number of para-hydroxylation sites is 1. The maximum Gasteiger partial charge on any atom is 0.356 e. The van der Waals surface area contributed by atoms with Gasteiger partial charge in [-0.2, -0.15) is 0 Å². The van der Waals surface area contributed by atoms with Gasteiger partial charge in [0.05, 0.1) is 18.4 Å². The number of nitrogens with zero attached hydrogens (tertiary/aromatic N) is 1. The van der Waals surface area contributed by atoms with Gasteiger partial charge in [-0.15, -0.1) is 0 Å². The third-order valence-electron chi connectivity index (χ3n) is 4.57. The lowest BCUT2D eigenvalue weighted by Gasteiger charge is -2.11. The van der Waals surface area contributed by atoms with Gasteiger partial charge in [0.25, 0.3) is 5.91 Å². The lowest BCUT2D eigenvalue weighted by Crippen LogP contribution is -2.34. The summed E-state index contributed by atoms with van der Waals surface area (Å²) in [6, 6.07) is 6.61. The van der Waals surface area contributed by atoms with E-state index in [1.807, 2.05) is 6.92 Å². The number of rotatable bonds is 6. The van der Waals surface area contributed by atoms with E-state index >= 15 is 0 Å². The van der Waals surface area contributed by atoms with Crippen LogP contribution in [-0.2, 0) is 19.6 Å². The minimum atomic E-state index is -3.83. The Balaban J connectivity index is 2.23. The fourth-order valence-corrected chi connectivity index (χ4v) is 4.13. The average Bonchev–Trinajstić information content (AvgIpc) is 3.23. The van der Waals surface area contributed by atoms with Gasteiger partial charge in [-0.25, -0.2) is 17.2 Å². The Morgan fingerprint density at radius 2 is 1.96 bits per heavy atom. The van der Waals surface area contributed by atoms with E-state index in [4.69, 9.17) is 16.3 Å². The number of amides is 1. The topological polar surface area (TPSA) is 94.5 Å². The highest BCUT2D eigenvalue weighted by atomic mass is 35.5. The van der Waals surface area contributed by atoms with Crippen molar-refractivity contribution in [3.8, 4) is 0 Å². The molecule has 1 heterocycles. The molecular weight excluding hydrogens is 404 g/mol. The van der Waals surface area contributed by atoms with Gasteiger partial charge >= 0.3 is 5.97 Å². The summed E-state index contributed by atoms with van der Waals surface area (Å²) in [5.74, 6) is -1.29.